The van der Waals surface area contributed by atoms with Gasteiger partial charge in [-0.1, -0.05) is 18.2 Å². The van der Waals surface area contributed by atoms with Crippen LogP contribution >= 0.6 is 0 Å². The average Bonchev–Trinajstić information content (AvgIpc) is 2.79. The van der Waals surface area contributed by atoms with Crippen molar-refractivity contribution in [3.8, 4) is 5.75 Å². The first-order chi connectivity index (χ1) is 14.9. The SMILES string of the molecule is Cn1c(=O)c(Cc2cccc(F)c2)c(O)c2cc(C(=O)NCc3cccnc3)ccc21. The zero-order chi connectivity index (χ0) is 22.0. The van der Waals surface area contributed by atoms with Crippen LogP contribution in [0.1, 0.15) is 27.0 Å². The molecule has 0 spiro atoms. The van der Waals surface area contributed by atoms with E-state index in [9.17, 15) is 19.1 Å². The number of aryl methyl sites for hydroxylation is 1. The summed E-state index contributed by atoms with van der Waals surface area (Å²) in [6.07, 6.45) is 3.40. The van der Waals surface area contributed by atoms with Crippen molar-refractivity contribution in [2.24, 2.45) is 7.05 Å². The van der Waals surface area contributed by atoms with Crippen LogP contribution in [0.2, 0.25) is 0 Å². The predicted molar refractivity (Wildman–Crippen MR) is 115 cm³/mol. The van der Waals surface area contributed by atoms with Crippen molar-refractivity contribution in [1.29, 1.82) is 0 Å². The number of aromatic hydroxyl groups is 1. The van der Waals surface area contributed by atoms with Crippen LogP contribution in [0.3, 0.4) is 0 Å². The van der Waals surface area contributed by atoms with Crippen molar-refractivity contribution in [2.75, 3.05) is 0 Å². The van der Waals surface area contributed by atoms with Gasteiger partial charge < -0.3 is 15.0 Å². The molecule has 0 saturated carbocycles. The Morgan fingerprint density at radius 2 is 1.94 bits per heavy atom. The molecule has 31 heavy (non-hydrogen) atoms. The number of hydrogen-bond acceptors (Lipinski definition) is 4. The third-order valence-electron chi connectivity index (χ3n) is 5.17. The fourth-order valence-corrected chi connectivity index (χ4v) is 3.53. The molecule has 2 aromatic heterocycles. The first-order valence-electron chi connectivity index (χ1n) is 9.70. The second-order valence-corrected chi connectivity index (χ2v) is 7.27. The van der Waals surface area contributed by atoms with Gasteiger partial charge in [0.2, 0.25) is 0 Å². The van der Waals surface area contributed by atoms with Crippen LogP contribution in [-0.2, 0) is 20.0 Å². The Labute approximate surface area is 177 Å². The minimum atomic E-state index is -0.415. The van der Waals surface area contributed by atoms with Crippen molar-refractivity contribution < 1.29 is 14.3 Å². The van der Waals surface area contributed by atoms with E-state index < -0.39 is 5.82 Å². The number of benzene rings is 2. The summed E-state index contributed by atoms with van der Waals surface area (Å²) < 4.78 is 15.0. The second kappa shape index (κ2) is 8.39. The summed E-state index contributed by atoms with van der Waals surface area (Å²) in [6, 6.07) is 14.3. The molecule has 0 aliphatic heterocycles. The van der Waals surface area contributed by atoms with Gasteiger partial charge in [0.15, 0.2) is 0 Å². The van der Waals surface area contributed by atoms with Gasteiger partial charge in [-0.3, -0.25) is 14.6 Å². The number of amides is 1. The number of fused-ring (bicyclic) bond motifs is 1. The van der Waals surface area contributed by atoms with Crippen molar-refractivity contribution in [3.63, 3.8) is 0 Å². The molecule has 2 heterocycles. The van der Waals surface area contributed by atoms with Crippen LogP contribution in [0.4, 0.5) is 4.39 Å². The Balaban J connectivity index is 1.69. The monoisotopic (exact) mass is 417 g/mol. The first kappa shape index (κ1) is 20.3. The minimum Gasteiger partial charge on any atom is -0.507 e. The smallest absolute Gasteiger partial charge is 0.258 e. The van der Waals surface area contributed by atoms with E-state index in [1.54, 1.807) is 55.8 Å². The highest BCUT2D eigenvalue weighted by Gasteiger charge is 2.17. The summed E-state index contributed by atoms with van der Waals surface area (Å²) in [5, 5.41) is 14.0. The van der Waals surface area contributed by atoms with E-state index in [2.05, 4.69) is 10.3 Å². The summed E-state index contributed by atoms with van der Waals surface area (Å²) in [6.45, 7) is 0.314. The van der Waals surface area contributed by atoms with Crippen molar-refractivity contribution in [2.45, 2.75) is 13.0 Å². The van der Waals surface area contributed by atoms with Gasteiger partial charge in [-0.2, -0.15) is 0 Å². The van der Waals surface area contributed by atoms with Crippen LogP contribution < -0.4 is 10.9 Å². The molecule has 1 amide bonds. The molecule has 2 N–H and O–H groups in total. The van der Waals surface area contributed by atoms with Crippen LogP contribution in [0, 0.1) is 5.82 Å². The number of carbonyl (C=O) groups is 1. The number of aromatic nitrogens is 2. The third kappa shape index (κ3) is 4.16. The molecule has 2 aromatic carbocycles. The van der Waals surface area contributed by atoms with Gasteiger partial charge in [0.1, 0.15) is 11.6 Å². The zero-order valence-corrected chi connectivity index (χ0v) is 16.8. The fourth-order valence-electron chi connectivity index (χ4n) is 3.53. The van der Waals surface area contributed by atoms with E-state index in [4.69, 9.17) is 0 Å². The summed E-state index contributed by atoms with van der Waals surface area (Å²) in [7, 11) is 1.60. The van der Waals surface area contributed by atoms with E-state index in [0.29, 0.717) is 28.6 Å². The molecule has 6 nitrogen and oxygen atoms in total. The van der Waals surface area contributed by atoms with E-state index in [1.807, 2.05) is 6.07 Å². The molecule has 0 aliphatic rings. The van der Waals surface area contributed by atoms with Crippen molar-refractivity contribution >= 4 is 16.8 Å². The molecule has 4 rings (SSSR count). The molecule has 156 valence electrons. The molecular formula is C24H20FN3O3. The molecule has 0 atom stereocenters. The van der Waals surface area contributed by atoms with Crippen LogP contribution in [0.5, 0.6) is 5.75 Å². The zero-order valence-electron chi connectivity index (χ0n) is 16.8. The lowest BCUT2D eigenvalue weighted by Gasteiger charge is -2.13. The Kier molecular flexibility index (Phi) is 5.49. The van der Waals surface area contributed by atoms with Gasteiger partial charge in [-0.25, -0.2) is 4.39 Å². The molecule has 0 aliphatic carbocycles. The van der Waals surface area contributed by atoms with Gasteiger partial charge in [0.25, 0.3) is 11.5 Å². The molecule has 0 saturated heterocycles. The van der Waals surface area contributed by atoms with E-state index >= 15 is 0 Å². The number of rotatable bonds is 5. The van der Waals surface area contributed by atoms with E-state index in [0.717, 1.165) is 5.56 Å². The normalized spacial score (nSPS) is 10.9. The van der Waals surface area contributed by atoms with Gasteiger partial charge in [0.05, 0.1) is 11.1 Å². The Bertz CT molecular complexity index is 1330. The average molecular weight is 417 g/mol. The molecule has 0 radical (unpaired) electrons. The highest BCUT2D eigenvalue weighted by atomic mass is 19.1. The first-order valence-corrected chi connectivity index (χ1v) is 9.70. The number of nitrogens with one attached hydrogen (secondary N) is 1. The maximum Gasteiger partial charge on any atom is 0.258 e. The van der Waals surface area contributed by atoms with Crippen LogP contribution in [0.15, 0.2) is 71.8 Å². The number of pyridine rings is 2. The van der Waals surface area contributed by atoms with Crippen LogP contribution in [0.25, 0.3) is 10.9 Å². The quantitative estimate of drug-likeness (QED) is 0.522. The second-order valence-electron chi connectivity index (χ2n) is 7.27. The lowest BCUT2D eigenvalue weighted by molar-refractivity contribution is 0.0951. The summed E-state index contributed by atoms with van der Waals surface area (Å²) in [4.78, 5) is 29.4. The Morgan fingerprint density at radius 3 is 2.68 bits per heavy atom. The molecule has 0 fully saturated rings. The highest BCUT2D eigenvalue weighted by Crippen LogP contribution is 2.28. The molecule has 7 heteroatoms. The Morgan fingerprint density at radius 1 is 1.13 bits per heavy atom. The van der Waals surface area contributed by atoms with Gasteiger partial charge >= 0.3 is 0 Å². The predicted octanol–water partition coefficient (Wildman–Crippen LogP) is 3.30. The molecule has 0 bridgehead atoms. The van der Waals surface area contributed by atoms with Gasteiger partial charge in [0, 0.05) is 43.4 Å². The summed E-state index contributed by atoms with van der Waals surface area (Å²) in [5.41, 5.74) is 2.05. The maximum absolute atomic E-state index is 13.5. The fraction of sp³-hybridized carbons (Fsp3) is 0.125. The number of hydrogen-bond donors (Lipinski definition) is 2. The van der Waals surface area contributed by atoms with Crippen molar-refractivity contribution in [1.82, 2.24) is 14.9 Å². The highest BCUT2D eigenvalue weighted by molar-refractivity contribution is 5.99. The van der Waals surface area contributed by atoms with E-state index in [1.165, 1.54) is 16.7 Å². The topological polar surface area (TPSA) is 84.2 Å². The summed E-state index contributed by atoms with van der Waals surface area (Å²) in [5.74, 6) is -0.933. The molecular weight excluding hydrogens is 397 g/mol. The summed E-state index contributed by atoms with van der Waals surface area (Å²) >= 11 is 0. The molecule has 0 unspecified atom stereocenters. The molecule has 4 aromatic rings. The lowest BCUT2D eigenvalue weighted by Crippen LogP contribution is -2.24. The van der Waals surface area contributed by atoms with Gasteiger partial charge in [-0.15, -0.1) is 0 Å². The van der Waals surface area contributed by atoms with E-state index in [-0.39, 0.29) is 29.2 Å². The Hall–Kier alpha value is -4.00. The minimum absolute atomic E-state index is 0.0731. The van der Waals surface area contributed by atoms with Crippen molar-refractivity contribution in [3.05, 3.63) is 105 Å². The third-order valence-corrected chi connectivity index (χ3v) is 5.17. The number of carbonyl (C=O) groups excluding carboxylic acids is 1. The number of nitrogens with zero attached hydrogens (tertiary/aromatic N) is 2. The lowest BCUT2D eigenvalue weighted by atomic mass is 10.0. The standard InChI is InChI=1S/C24H20FN3O3/c1-28-21-8-7-17(23(30)27-14-16-5-3-9-26-13-16)12-19(21)22(29)20(24(28)31)11-15-4-2-6-18(25)10-15/h2-10,12-13,29H,11,14H2,1H3,(H,27,30). The number of halogens is 1. The maximum atomic E-state index is 13.5. The van der Waals surface area contributed by atoms with Gasteiger partial charge in [-0.05, 0) is 47.5 Å². The largest absolute Gasteiger partial charge is 0.507 e. The van der Waals surface area contributed by atoms with Crippen LogP contribution in [-0.4, -0.2) is 20.6 Å².